The van der Waals surface area contributed by atoms with Gasteiger partial charge in [0.15, 0.2) is 0 Å². The van der Waals surface area contributed by atoms with Crippen molar-refractivity contribution in [2.45, 2.75) is 44.1 Å². The molecule has 1 heterocycles. The van der Waals surface area contributed by atoms with Gasteiger partial charge < -0.3 is 10.5 Å². The fourth-order valence-corrected chi connectivity index (χ4v) is 2.56. The number of fused-ring (bicyclic) bond motifs is 1. The van der Waals surface area contributed by atoms with E-state index in [1.54, 1.807) is 0 Å². The Kier molecular flexibility index (Phi) is 2.56. The summed E-state index contributed by atoms with van der Waals surface area (Å²) in [6.45, 7) is 0.701. The molecule has 3 heteroatoms. The monoisotopic (exact) mass is 218 g/mol. The molecule has 0 aromatic carbocycles. The molecule has 0 spiro atoms. The maximum atomic E-state index is 6.01. The first-order chi connectivity index (χ1) is 7.88. The Morgan fingerprint density at radius 2 is 2.25 bits per heavy atom. The number of hydrogen-bond acceptors (Lipinski definition) is 3. The van der Waals surface area contributed by atoms with E-state index in [0.717, 1.165) is 18.6 Å². The molecule has 0 amide bonds. The average Bonchev–Trinajstić information content (AvgIpc) is 2.67. The highest BCUT2D eigenvalue weighted by Gasteiger charge is 2.27. The number of rotatable bonds is 3. The second-order valence-electron chi connectivity index (χ2n) is 4.81. The van der Waals surface area contributed by atoms with Crippen LogP contribution < -0.4 is 10.5 Å². The zero-order valence-electron chi connectivity index (χ0n) is 9.48. The minimum atomic E-state index is 0.444. The van der Waals surface area contributed by atoms with Crippen LogP contribution in [0.25, 0.3) is 0 Å². The summed E-state index contributed by atoms with van der Waals surface area (Å²) in [5.41, 5.74) is 8.25. The number of nitrogens with two attached hydrogens (primary N) is 1. The fraction of sp³-hybridized carbons (Fsp3) is 0.615. The molecule has 1 saturated carbocycles. The van der Waals surface area contributed by atoms with Gasteiger partial charge in [0.25, 0.3) is 0 Å². The lowest BCUT2D eigenvalue weighted by Gasteiger charge is -2.27. The van der Waals surface area contributed by atoms with Crippen LogP contribution in [-0.2, 0) is 6.42 Å². The molecule has 1 fully saturated rings. The predicted octanol–water partition coefficient (Wildman–Crippen LogP) is 2.00. The Morgan fingerprint density at radius 1 is 1.38 bits per heavy atom. The molecule has 3 rings (SSSR count). The van der Waals surface area contributed by atoms with Crippen molar-refractivity contribution in [3.05, 3.63) is 23.5 Å². The largest absolute Gasteiger partial charge is 0.490 e. The third-order valence-electron chi connectivity index (χ3n) is 3.81. The standard InChI is InChI=1S/C13H18N2O/c14-8-9-4-5-11-12(6-7-15-13(9)11)16-10-2-1-3-10/h6-7,9-10H,1-5,8,14H2. The summed E-state index contributed by atoms with van der Waals surface area (Å²) in [6.07, 6.45) is 8.24. The van der Waals surface area contributed by atoms with Crippen molar-refractivity contribution < 1.29 is 4.74 Å². The van der Waals surface area contributed by atoms with E-state index in [2.05, 4.69) is 4.98 Å². The maximum Gasteiger partial charge on any atom is 0.126 e. The van der Waals surface area contributed by atoms with E-state index in [1.807, 2.05) is 12.3 Å². The van der Waals surface area contributed by atoms with Gasteiger partial charge in [-0.05, 0) is 38.2 Å². The SMILES string of the molecule is NCC1CCc2c(OC3CCC3)ccnc21. The fourth-order valence-electron chi connectivity index (χ4n) is 2.56. The first kappa shape index (κ1) is 10.1. The third-order valence-corrected chi connectivity index (χ3v) is 3.81. The van der Waals surface area contributed by atoms with Crippen molar-refractivity contribution in [3.63, 3.8) is 0 Å². The Labute approximate surface area is 96.0 Å². The maximum absolute atomic E-state index is 6.01. The zero-order valence-corrected chi connectivity index (χ0v) is 9.48. The molecule has 1 aromatic heterocycles. The Morgan fingerprint density at radius 3 is 2.94 bits per heavy atom. The summed E-state index contributed by atoms with van der Waals surface area (Å²) >= 11 is 0. The van der Waals surface area contributed by atoms with Crippen LogP contribution in [0.1, 0.15) is 42.9 Å². The number of hydrogen-bond donors (Lipinski definition) is 1. The molecule has 2 aliphatic rings. The molecule has 2 N–H and O–H groups in total. The van der Waals surface area contributed by atoms with E-state index in [-0.39, 0.29) is 0 Å². The summed E-state index contributed by atoms with van der Waals surface area (Å²) in [5, 5.41) is 0. The molecule has 0 radical (unpaired) electrons. The zero-order chi connectivity index (χ0) is 11.0. The van der Waals surface area contributed by atoms with Crippen LogP contribution in [0.2, 0.25) is 0 Å². The number of aromatic nitrogens is 1. The molecule has 0 saturated heterocycles. The van der Waals surface area contributed by atoms with Crippen molar-refractivity contribution in [1.29, 1.82) is 0 Å². The van der Waals surface area contributed by atoms with Crippen LogP contribution in [0.15, 0.2) is 12.3 Å². The van der Waals surface area contributed by atoms with Gasteiger partial charge in [-0.25, -0.2) is 0 Å². The minimum absolute atomic E-state index is 0.444. The average molecular weight is 218 g/mol. The highest BCUT2D eigenvalue weighted by molar-refractivity contribution is 5.41. The highest BCUT2D eigenvalue weighted by atomic mass is 16.5. The van der Waals surface area contributed by atoms with Gasteiger partial charge in [0, 0.05) is 24.2 Å². The van der Waals surface area contributed by atoms with Gasteiger partial charge in [-0.1, -0.05) is 0 Å². The van der Waals surface area contributed by atoms with Gasteiger partial charge in [-0.15, -0.1) is 0 Å². The molecule has 1 aromatic rings. The second-order valence-corrected chi connectivity index (χ2v) is 4.81. The third kappa shape index (κ3) is 1.59. The lowest BCUT2D eigenvalue weighted by Crippen LogP contribution is -2.25. The lowest BCUT2D eigenvalue weighted by atomic mass is 9.96. The summed E-state index contributed by atoms with van der Waals surface area (Å²) < 4.78 is 6.01. The molecular formula is C13H18N2O. The Balaban J connectivity index is 1.86. The number of ether oxygens (including phenoxy) is 1. The van der Waals surface area contributed by atoms with Gasteiger partial charge in [0.1, 0.15) is 5.75 Å². The van der Waals surface area contributed by atoms with Crippen LogP contribution >= 0.6 is 0 Å². The van der Waals surface area contributed by atoms with Gasteiger partial charge >= 0.3 is 0 Å². The minimum Gasteiger partial charge on any atom is -0.490 e. The summed E-state index contributed by atoms with van der Waals surface area (Å²) in [6, 6.07) is 2.01. The van der Waals surface area contributed by atoms with Crippen LogP contribution in [0.4, 0.5) is 0 Å². The summed E-state index contributed by atoms with van der Waals surface area (Å²) in [5.74, 6) is 1.51. The van der Waals surface area contributed by atoms with Crippen molar-refractivity contribution in [1.82, 2.24) is 4.98 Å². The van der Waals surface area contributed by atoms with E-state index in [0.29, 0.717) is 18.6 Å². The van der Waals surface area contributed by atoms with Crippen LogP contribution in [0, 0.1) is 0 Å². The highest BCUT2D eigenvalue weighted by Crippen LogP contribution is 2.37. The summed E-state index contributed by atoms with van der Waals surface area (Å²) in [4.78, 5) is 4.46. The van der Waals surface area contributed by atoms with Crippen LogP contribution in [-0.4, -0.2) is 17.6 Å². The molecular weight excluding hydrogens is 200 g/mol. The smallest absolute Gasteiger partial charge is 0.126 e. The molecule has 2 aliphatic carbocycles. The number of nitrogens with zero attached hydrogens (tertiary/aromatic N) is 1. The van der Waals surface area contributed by atoms with E-state index in [1.165, 1.54) is 30.5 Å². The van der Waals surface area contributed by atoms with Gasteiger partial charge in [0.05, 0.1) is 11.8 Å². The van der Waals surface area contributed by atoms with Crippen molar-refractivity contribution in [2.24, 2.45) is 5.73 Å². The summed E-state index contributed by atoms with van der Waals surface area (Å²) in [7, 11) is 0. The van der Waals surface area contributed by atoms with E-state index in [4.69, 9.17) is 10.5 Å². The van der Waals surface area contributed by atoms with Crippen LogP contribution in [0.5, 0.6) is 5.75 Å². The van der Waals surface area contributed by atoms with Gasteiger partial charge in [-0.3, -0.25) is 4.98 Å². The first-order valence-corrected chi connectivity index (χ1v) is 6.23. The van der Waals surface area contributed by atoms with E-state index < -0.39 is 0 Å². The van der Waals surface area contributed by atoms with Crippen LogP contribution in [0.3, 0.4) is 0 Å². The molecule has 3 nitrogen and oxygen atoms in total. The molecule has 86 valence electrons. The Hall–Kier alpha value is -1.09. The first-order valence-electron chi connectivity index (χ1n) is 6.23. The molecule has 0 bridgehead atoms. The lowest BCUT2D eigenvalue weighted by molar-refractivity contribution is 0.119. The van der Waals surface area contributed by atoms with Crippen molar-refractivity contribution in [3.8, 4) is 5.75 Å². The quantitative estimate of drug-likeness (QED) is 0.844. The second kappa shape index (κ2) is 4.06. The molecule has 1 atom stereocenters. The topological polar surface area (TPSA) is 48.1 Å². The molecule has 0 aliphatic heterocycles. The van der Waals surface area contributed by atoms with Gasteiger partial charge in [-0.2, -0.15) is 0 Å². The van der Waals surface area contributed by atoms with Crippen molar-refractivity contribution >= 4 is 0 Å². The predicted molar refractivity (Wildman–Crippen MR) is 62.6 cm³/mol. The molecule has 16 heavy (non-hydrogen) atoms. The Bertz CT molecular complexity index is 388. The normalized spacial score (nSPS) is 23.9. The van der Waals surface area contributed by atoms with Crippen molar-refractivity contribution in [2.75, 3.05) is 6.54 Å². The van der Waals surface area contributed by atoms with E-state index >= 15 is 0 Å². The number of pyridine rings is 1. The van der Waals surface area contributed by atoms with Gasteiger partial charge in [0.2, 0.25) is 0 Å². The molecule has 1 unspecified atom stereocenters. The van der Waals surface area contributed by atoms with E-state index in [9.17, 15) is 0 Å².